The lowest BCUT2D eigenvalue weighted by Gasteiger charge is -2.17. The van der Waals surface area contributed by atoms with Gasteiger partial charge in [0.2, 0.25) is 0 Å². The molecule has 0 aliphatic rings. The van der Waals surface area contributed by atoms with Crippen molar-refractivity contribution in [2.24, 2.45) is 11.8 Å². The van der Waals surface area contributed by atoms with E-state index in [1.54, 1.807) is 0 Å². The van der Waals surface area contributed by atoms with E-state index in [1.165, 1.54) is 32.1 Å². The van der Waals surface area contributed by atoms with Crippen LogP contribution in [0.5, 0.6) is 0 Å². The zero-order chi connectivity index (χ0) is 12.4. The van der Waals surface area contributed by atoms with Gasteiger partial charge in [-0.2, -0.15) is 0 Å². The van der Waals surface area contributed by atoms with Crippen LogP contribution in [-0.4, -0.2) is 5.97 Å². The van der Waals surface area contributed by atoms with Gasteiger partial charge in [0.15, 0.2) is 0 Å². The largest absolute Gasteiger partial charge is 0.394 e. The first-order chi connectivity index (χ1) is 7.63. The van der Waals surface area contributed by atoms with Crippen molar-refractivity contribution in [3.05, 3.63) is 0 Å². The zero-order valence-corrected chi connectivity index (χ0v) is 11.8. The van der Waals surface area contributed by atoms with E-state index in [-0.39, 0.29) is 11.9 Å². The Hall–Kier alpha value is -0.180. The highest BCUT2D eigenvalue weighted by atomic mass is 32.1. The van der Waals surface area contributed by atoms with Crippen molar-refractivity contribution >= 4 is 18.9 Å². The normalized spacial score (nSPS) is 12.8. The quantitative estimate of drug-likeness (QED) is 0.371. The minimum atomic E-state index is -0.174. The Morgan fingerprint density at radius 2 is 1.69 bits per heavy atom. The third-order valence-electron chi connectivity index (χ3n) is 3.07. The number of carbonyl (C=O) groups is 1. The first kappa shape index (κ1) is 15.8. The van der Waals surface area contributed by atoms with Crippen molar-refractivity contribution in [3.63, 3.8) is 0 Å². The van der Waals surface area contributed by atoms with Crippen LogP contribution in [0.15, 0.2) is 0 Å². The Labute approximate surface area is 106 Å². The van der Waals surface area contributed by atoms with Gasteiger partial charge in [-0.3, -0.25) is 4.79 Å². The number of unbranched alkanes of at least 4 members (excludes halogenated alkanes) is 5. The first-order valence-electron chi connectivity index (χ1n) is 6.48. The highest BCUT2D eigenvalue weighted by Crippen LogP contribution is 2.21. The first-order valence-corrected chi connectivity index (χ1v) is 6.85. The van der Waals surface area contributed by atoms with Crippen LogP contribution in [-0.2, 0) is 8.98 Å². The lowest BCUT2D eigenvalue weighted by Crippen LogP contribution is -2.20. The molecule has 0 saturated heterocycles. The van der Waals surface area contributed by atoms with E-state index >= 15 is 0 Å². The Balaban J connectivity index is 3.65. The molecule has 2 nitrogen and oxygen atoms in total. The molecule has 1 atom stereocenters. The molecule has 1 unspecified atom stereocenters. The number of thiol groups is 1. The maximum Gasteiger partial charge on any atom is 0.320 e. The van der Waals surface area contributed by atoms with Gasteiger partial charge in [-0.15, -0.1) is 0 Å². The molecule has 0 saturated carbocycles. The number of hydrogen-bond donors (Lipinski definition) is 1. The highest BCUT2D eigenvalue weighted by molar-refractivity contribution is 7.75. The SMILES string of the molecule is CCCCCCCCC(C(=O)OS)C(C)C. The molecular weight excluding hydrogens is 220 g/mol. The summed E-state index contributed by atoms with van der Waals surface area (Å²) in [6, 6.07) is 0. The van der Waals surface area contributed by atoms with Crippen LogP contribution in [0.1, 0.15) is 65.7 Å². The van der Waals surface area contributed by atoms with Crippen LogP contribution in [0.3, 0.4) is 0 Å². The fourth-order valence-electron chi connectivity index (χ4n) is 1.94. The van der Waals surface area contributed by atoms with E-state index in [2.05, 4.69) is 37.9 Å². The Bertz CT molecular complexity index is 181. The fraction of sp³-hybridized carbons (Fsp3) is 0.923. The van der Waals surface area contributed by atoms with E-state index < -0.39 is 0 Å². The topological polar surface area (TPSA) is 26.3 Å². The summed E-state index contributed by atoms with van der Waals surface area (Å²) < 4.78 is 4.52. The summed E-state index contributed by atoms with van der Waals surface area (Å²) in [5.74, 6) is 0.186. The summed E-state index contributed by atoms with van der Waals surface area (Å²) in [7, 11) is 0. The smallest absolute Gasteiger partial charge is 0.320 e. The molecule has 0 amide bonds. The van der Waals surface area contributed by atoms with Crippen LogP contribution in [0.25, 0.3) is 0 Å². The van der Waals surface area contributed by atoms with Crippen molar-refractivity contribution in [2.75, 3.05) is 0 Å². The van der Waals surface area contributed by atoms with Gasteiger partial charge in [-0.1, -0.05) is 59.3 Å². The lowest BCUT2D eigenvalue weighted by atomic mass is 9.90. The van der Waals surface area contributed by atoms with Gasteiger partial charge >= 0.3 is 5.97 Å². The molecule has 0 fully saturated rings. The summed E-state index contributed by atoms with van der Waals surface area (Å²) in [5, 5.41) is 0. The zero-order valence-electron chi connectivity index (χ0n) is 10.9. The summed E-state index contributed by atoms with van der Waals surface area (Å²) >= 11 is 3.59. The van der Waals surface area contributed by atoms with Crippen LogP contribution in [0.4, 0.5) is 0 Å². The molecule has 0 aromatic carbocycles. The molecule has 0 rings (SSSR count). The van der Waals surface area contributed by atoms with Gasteiger partial charge in [0.1, 0.15) is 0 Å². The van der Waals surface area contributed by atoms with E-state index in [4.69, 9.17) is 0 Å². The Morgan fingerprint density at radius 3 is 2.19 bits per heavy atom. The van der Waals surface area contributed by atoms with E-state index in [0.717, 1.165) is 12.8 Å². The Kier molecular flexibility index (Phi) is 9.89. The number of rotatable bonds is 9. The highest BCUT2D eigenvalue weighted by Gasteiger charge is 2.22. The van der Waals surface area contributed by atoms with Crippen molar-refractivity contribution in [1.82, 2.24) is 0 Å². The van der Waals surface area contributed by atoms with Gasteiger partial charge in [-0.05, 0) is 12.3 Å². The summed E-state index contributed by atoms with van der Waals surface area (Å²) in [5.41, 5.74) is 0. The average Bonchev–Trinajstić information content (AvgIpc) is 2.26. The maximum atomic E-state index is 11.4. The molecule has 3 heteroatoms. The van der Waals surface area contributed by atoms with Gasteiger partial charge in [0.25, 0.3) is 0 Å². The molecule has 0 N–H and O–H groups in total. The standard InChI is InChI=1S/C13H26O2S/c1-4-5-6-7-8-9-10-12(11(2)3)13(14)15-16/h11-12,16H,4-10H2,1-3H3. The summed E-state index contributed by atoms with van der Waals surface area (Å²) in [6.45, 7) is 6.34. The van der Waals surface area contributed by atoms with Crippen LogP contribution < -0.4 is 0 Å². The minimum Gasteiger partial charge on any atom is -0.394 e. The van der Waals surface area contributed by atoms with Crippen LogP contribution in [0.2, 0.25) is 0 Å². The molecule has 16 heavy (non-hydrogen) atoms. The van der Waals surface area contributed by atoms with Crippen LogP contribution in [0, 0.1) is 11.8 Å². The molecule has 96 valence electrons. The maximum absolute atomic E-state index is 11.4. The predicted octanol–water partition coefficient (Wildman–Crippen LogP) is 4.40. The van der Waals surface area contributed by atoms with Gasteiger partial charge in [-0.25, -0.2) is 0 Å². The third-order valence-corrected chi connectivity index (χ3v) is 3.25. The second-order valence-electron chi connectivity index (χ2n) is 4.82. The van der Waals surface area contributed by atoms with Gasteiger partial charge < -0.3 is 4.18 Å². The minimum absolute atomic E-state index is 0.0173. The second kappa shape index (κ2) is 10.0. The van der Waals surface area contributed by atoms with Crippen molar-refractivity contribution in [2.45, 2.75) is 65.7 Å². The molecule has 0 aliphatic heterocycles. The van der Waals surface area contributed by atoms with Crippen molar-refractivity contribution in [3.8, 4) is 0 Å². The predicted molar refractivity (Wildman–Crippen MR) is 71.4 cm³/mol. The Morgan fingerprint density at radius 1 is 1.12 bits per heavy atom. The van der Waals surface area contributed by atoms with E-state index in [1.807, 2.05) is 0 Å². The third kappa shape index (κ3) is 7.15. The number of hydrogen-bond acceptors (Lipinski definition) is 3. The van der Waals surface area contributed by atoms with Gasteiger partial charge in [0, 0.05) is 12.9 Å². The molecule has 0 aliphatic carbocycles. The summed E-state index contributed by atoms with van der Waals surface area (Å²) in [4.78, 5) is 11.4. The molecule has 0 aromatic heterocycles. The fourth-order valence-corrected chi connectivity index (χ4v) is 2.07. The molecule has 0 bridgehead atoms. The molecule has 0 heterocycles. The van der Waals surface area contributed by atoms with Gasteiger partial charge in [0.05, 0.1) is 5.92 Å². The molecule has 0 aromatic rings. The lowest BCUT2D eigenvalue weighted by molar-refractivity contribution is -0.139. The van der Waals surface area contributed by atoms with E-state index in [0.29, 0.717) is 5.92 Å². The molecule has 0 spiro atoms. The summed E-state index contributed by atoms with van der Waals surface area (Å²) in [6.07, 6.45) is 8.49. The monoisotopic (exact) mass is 246 g/mol. The van der Waals surface area contributed by atoms with Crippen LogP contribution >= 0.6 is 12.9 Å². The second-order valence-corrected chi connectivity index (χ2v) is 5.00. The van der Waals surface area contributed by atoms with E-state index in [9.17, 15) is 4.79 Å². The average molecular weight is 246 g/mol. The molecular formula is C13H26O2S. The van der Waals surface area contributed by atoms with Crippen molar-refractivity contribution < 1.29 is 8.98 Å². The van der Waals surface area contributed by atoms with Crippen molar-refractivity contribution in [1.29, 1.82) is 0 Å². The number of carbonyl (C=O) groups excluding carboxylic acids is 1. The molecule has 0 radical (unpaired) electrons.